The van der Waals surface area contributed by atoms with Crippen molar-refractivity contribution in [3.05, 3.63) is 63.7 Å². The molecule has 7 nitrogen and oxygen atoms in total. The predicted molar refractivity (Wildman–Crippen MR) is 75.7 cm³/mol. The van der Waals surface area contributed by atoms with E-state index in [-0.39, 0.29) is 23.5 Å². The zero-order chi connectivity index (χ0) is 15.4. The molecule has 7 heteroatoms. The number of benzene rings is 2. The van der Waals surface area contributed by atoms with Crippen molar-refractivity contribution in [1.82, 2.24) is 0 Å². The van der Waals surface area contributed by atoms with Crippen molar-refractivity contribution in [1.29, 1.82) is 0 Å². The fraction of sp³-hybridized carbons (Fsp3) is 0.0714. The van der Waals surface area contributed by atoms with Gasteiger partial charge in [0, 0.05) is 11.8 Å². The summed E-state index contributed by atoms with van der Waals surface area (Å²) in [5, 5.41) is 31.8. The van der Waals surface area contributed by atoms with Crippen LogP contribution in [0.4, 0.5) is 17.1 Å². The van der Waals surface area contributed by atoms with Gasteiger partial charge in [0.15, 0.2) is 0 Å². The second-order valence-corrected chi connectivity index (χ2v) is 4.28. The topological polar surface area (TPSA) is 113 Å². The number of nitrogens with zero attached hydrogens (tertiary/aromatic N) is 1. The molecule has 21 heavy (non-hydrogen) atoms. The Morgan fingerprint density at radius 1 is 1.24 bits per heavy atom. The number of aromatic carboxylic acids is 1. The van der Waals surface area contributed by atoms with Gasteiger partial charge in [-0.05, 0) is 29.8 Å². The molecule has 0 fully saturated rings. The van der Waals surface area contributed by atoms with Crippen LogP contribution < -0.4 is 5.32 Å². The number of rotatable bonds is 5. The normalized spacial score (nSPS) is 10.1. The SMILES string of the molecule is O=C(O)c1ccc([N+](=O)[O-])c(Nc2cccc(CO)c2)c1. The van der Waals surface area contributed by atoms with E-state index >= 15 is 0 Å². The molecule has 0 unspecified atom stereocenters. The van der Waals surface area contributed by atoms with Gasteiger partial charge in [-0.15, -0.1) is 0 Å². The first-order chi connectivity index (χ1) is 10.0. The molecule has 2 aromatic rings. The number of carboxylic acid groups (broad SMARTS) is 1. The molecule has 108 valence electrons. The van der Waals surface area contributed by atoms with Gasteiger partial charge in [0.1, 0.15) is 5.69 Å². The summed E-state index contributed by atoms with van der Waals surface area (Å²) in [6.45, 7) is -0.160. The van der Waals surface area contributed by atoms with E-state index in [0.29, 0.717) is 11.3 Å². The lowest BCUT2D eigenvalue weighted by molar-refractivity contribution is -0.383. The fourth-order valence-corrected chi connectivity index (χ4v) is 1.83. The Labute approximate surface area is 119 Å². The third-order valence-corrected chi connectivity index (χ3v) is 2.83. The minimum Gasteiger partial charge on any atom is -0.478 e. The molecule has 0 spiro atoms. The second kappa shape index (κ2) is 6.02. The number of hydrogen-bond donors (Lipinski definition) is 3. The number of nitro groups is 1. The Morgan fingerprint density at radius 3 is 2.62 bits per heavy atom. The summed E-state index contributed by atoms with van der Waals surface area (Å²) < 4.78 is 0. The van der Waals surface area contributed by atoms with E-state index < -0.39 is 10.9 Å². The molecule has 2 rings (SSSR count). The van der Waals surface area contributed by atoms with Gasteiger partial charge in [-0.2, -0.15) is 0 Å². The summed E-state index contributed by atoms with van der Waals surface area (Å²) in [7, 11) is 0. The van der Waals surface area contributed by atoms with Crippen LogP contribution in [0.1, 0.15) is 15.9 Å². The number of aliphatic hydroxyl groups excluding tert-OH is 1. The molecule has 0 saturated heterocycles. The Hall–Kier alpha value is -2.93. The Bertz CT molecular complexity index is 700. The molecule has 0 atom stereocenters. The number of aliphatic hydroxyl groups is 1. The van der Waals surface area contributed by atoms with Crippen molar-refractivity contribution in [3.63, 3.8) is 0 Å². The Morgan fingerprint density at radius 2 is 2.00 bits per heavy atom. The molecular weight excluding hydrogens is 276 g/mol. The van der Waals surface area contributed by atoms with E-state index in [1.807, 2.05) is 0 Å². The van der Waals surface area contributed by atoms with E-state index in [9.17, 15) is 14.9 Å². The Balaban J connectivity index is 2.42. The molecule has 3 N–H and O–H groups in total. The maximum absolute atomic E-state index is 11.0. The molecule has 0 aliphatic rings. The molecule has 0 heterocycles. The van der Waals surface area contributed by atoms with Crippen molar-refractivity contribution < 1.29 is 19.9 Å². The summed E-state index contributed by atoms with van der Waals surface area (Å²) in [6.07, 6.45) is 0. The minimum atomic E-state index is -1.17. The molecule has 0 aromatic heterocycles. The highest BCUT2D eigenvalue weighted by Crippen LogP contribution is 2.29. The summed E-state index contributed by atoms with van der Waals surface area (Å²) in [5.74, 6) is -1.17. The maximum atomic E-state index is 11.0. The van der Waals surface area contributed by atoms with Crippen LogP contribution in [0.2, 0.25) is 0 Å². The van der Waals surface area contributed by atoms with E-state index in [0.717, 1.165) is 6.07 Å². The highest BCUT2D eigenvalue weighted by molar-refractivity contribution is 5.90. The van der Waals surface area contributed by atoms with Crippen LogP contribution in [0.25, 0.3) is 0 Å². The number of hydrogen-bond acceptors (Lipinski definition) is 5. The molecule has 0 amide bonds. The maximum Gasteiger partial charge on any atom is 0.335 e. The largest absolute Gasteiger partial charge is 0.478 e. The van der Waals surface area contributed by atoms with E-state index in [2.05, 4.69) is 5.32 Å². The average Bonchev–Trinajstić information content (AvgIpc) is 2.47. The van der Waals surface area contributed by atoms with Gasteiger partial charge in [0.05, 0.1) is 17.1 Å². The number of carboxylic acids is 1. The van der Waals surface area contributed by atoms with E-state index in [4.69, 9.17) is 10.2 Å². The molecular formula is C14H12N2O5. The molecule has 0 saturated carbocycles. The van der Waals surface area contributed by atoms with Gasteiger partial charge in [-0.1, -0.05) is 12.1 Å². The Kier molecular flexibility index (Phi) is 4.15. The second-order valence-electron chi connectivity index (χ2n) is 4.28. The smallest absolute Gasteiger partial charge is 0.335 e. The number of anilines is 2. The van der Waals surface area contributed by atoms with Crippen LogP contribution in [0, 0.1) is 10.1 Å². The summed E-state index contributed by atoms with van der Waals surface area (Å²) in [6, 6.07) is 10.2. The quantitative estimate of drug-likeness (QED) is 0.575. The van der Waals surface area contributed by atoms with Gasteiger partial charge >= 0.3 is 5.97 Å². The first-order valence-corrected chi connectivity index (χ1v) is 6.00. The van der Waals surface area contributed by atoms with Crippen LogP contribution in [-0.2, 0) is 6.61 Å². The number of nitro benzene ring substituents is 1. The van der Waals surface area contributed by atoms with E-state index in [1.54, 1.807) is 24.3 Å². The van der Waals surface area contributed by atoms with Gasteiger partial charge in [-0.3, -0.25) is 10.1 Å². The minimum absolute atomic E-state index is 0.0542. The molecule has 2 aromatic carbocycles. The monoisotopic (exact) mass is 288 g/mol. The summed E-state index contributed by atoms with van der Waals surface area (Å²) in [5.41, 5.74) is 0.954. The van der Waals surface area contributed by atoms with Gasteiger partial charge < -0.3 is 15.5 Å². The lowest BCUT2D eigenvalue weighted by Crippen LogP contribution is -2.02. The van der Waals surface area contributed by atoms with Crippen LogP contribution in [-0.4, -0.2) is 21.1 Å². The van der Waals surface area contributed by atoms with Crippen LogP contribution in [0.15, 0.2) is 42.5 Å². The van der Waals surface area contributed by atoms with Gasteiger partial charge in [0.2, 0.25) is 0 Å². The fourth-order valence-electron chi connectivity index (χ4n) is 1.83. The zero-order valence-corrected chi connectivity index (χ0v) is 10.8. The number of nitrogens with one attached hydrogen (secondary N) is 1. The summed E-state index contributed by atoms with van der Waals surface area (Å²) >= 11 is 0. The van der Waals surface area contributed by atoms with Crippen LogP contribution in [0.3, 0.4) is 0 Å². The standard InChI is InChI=1S/C14H12N2O5/c17-8-9-2-1-3-11(6-9)15-12-7-10(14(18)19)4-5-13(12)16(20)21/h1-7,15,17H,8H2,(H,18,19). The third kappa shape index (κ3) is 3.34. The first-order valence-electron chi connectivity index (χ1n) is 6.00. The van der Waals surface area contributed by atoms with Gasteiger partial charge in [-0.25, -0.2) is 4.79 Å². The van der Waals surface area contributed by atoms with Crippen LogP contribution >= 0.6 is 0 Å². The highest BCUT2D eigenvalue weighted by Gasteiger charge is 2.16. The zero-order valence-electron chi connectivity index (χ0n) is 10.8. The lowest BCUT2D eigenvalue weighted by atomic mass is 10.1. The van der Waals surface area contributed by atoms with Crippen LogP contribution in [0.5, 0.6) is 0 Å². The molecule has 0 bridgehead atoms. The average molecular weight is 288 g/mol. The van der Waals surface area contributed by atoms with E-state index in [1.165, 1.54) is 12.1 Å². The van der Waals surface area contributed by atoms with Crippen molar-refractivity contribution >= 4 is 23.0 Å². The van der Waals surface area contributed by atoms with Crippen molar-refractivity contribution in [2.24, 2.45) is 0 Å². The lowest BCUT2D eigenvalue weighted by Gasteiger charge is -2.09. The van der Waals surface area contributed by atoms with Gasteiger partial charge in [0.25, 0.3) is 5.69 Å². The highest BCUT2D eigenvalue weighted by atomic mass is 16.6. The summed E-state index contributed by atoms with van der Waals surface area (Å²) in [4.78, 5) is 21.4. The van der Waals surface area contributed by atoms with Crippen molar-refractivity contribution in [2.75, 3.05) is 5.32 Å². The molecule has 0 radical (unpaired) electrons. The predicted octanol–water partition coefficient (Wildman–Crippen LogP) is 2.53. The molecule has 0 aliphatic heterocycles. The number of carbonyl (C=O) groups is 1. The third-order valence-electron chi connectivity index (χ3n) is 2.83. The molecule has 0 aliphatic carbocycles. The van der Waals surface area contributed by atoms with Crippen molar-refractivity contribution in [2.45, 2.75) is 6.61 Å². The van der Waals surface area contributed by atoms with Crippen molar-refractivity contribution in [3.8, 4) is 0 Å². The first kappa shape index (κ1) is 14.5.